The van der Waals surface area contributed by atoms with E-state index in [9.17, 15) is 13.2 Å². The number of hydrogen-bond acceptors (Lipinski definition) is 7. The Morgan fingerprint density at radius 3 is 2.68 bits per heavy atom. The average Bonchev–Trinajstić information content (AvgIpc) is 3.47. The summed E-state index contributed by atoms with van der Waals surface area (Å²) in [6, 6.07) is 10.6. The molecule has 1 saturated heterocycles. The zero-order chi connectivity index (χ0) is 21.6. The first kappa shape index (κ1) is 20.6. The van der Waals surface area contributed by atoms with Gasteiger partial charge in [-0.3, -0.25) is 4.79 Å². The molecule has 1 fully saturated rings. The second kappa shape index (κ2) is 8.01. The summed E-state index contributed by atoms with van der Waals surface area (Å²) in [4.78, 5) is 20.4. The summed E-state index contributed by atoms with van der Waals surface area (Å²) in [5.74, 6) is 0.258. The van der Waals surface area contributed by atoms with E-state index in [1.807, 2.05) is 28.5 Å². The summed E-state index contributed by atoms with van der Waals surface area (Å²) < 4.78 is 29.3. The number of rotatable bonds is 3. The molecule has 160 valence electrons. The van der Waals surface area contributed by atoms with Crippen LogP contribution in [0.1, 0.15) is 18.4 Å². The van der Waals surface area contributed by atoms with E-state index in [1.54, 1.807) is 18.2 Å². The molecule has 0 aliphatic carbocycles. The Kier molecular flexibility index (Phi) is 5.33. The summed E-state index contributed by atoms with van der Waals surface area (Å²) in [6.45, 7) is 1.13. The molecular weight excluding hydrogens is 476 g/mol. The number of likely N-dealkylation sites (tertiary alicyclic amines) is 1. The van der Waals surface area contributed by atoms with Crippen molar-refractivity contribution in [2.75, 3.05) is 18.4 Å². The minimum absolute atomic E-state index is 0.0638. The maximum atomic E-state index is 12.7. The Hall–Kier alpha value is -2.27. The molecule has 2 aromatic heterocycles. The van der Waals surface area contributed by atoms with Gasteiger partial charge >= 0.3 is 0 Å². The molecular formula is C20H17ClN4O3S3. The van der Waals surface area contributed by atoms with Crippen molar-refractivity contribution >= 4 is 61.2 Å². The third-order valence-corrected chi connectivity index (χ3v) is 8.67. The van der Waals surface area contributed by atoms with Gasteiger partial charge in [-0.1, -0.05) is 23.7 Å². The van der Waals surface area contributed by atoms with Crippen molar-refractivity contribution < 1.29 is 13.2 Å². The zero-order valence-corrected chi connectivity index (χ0v) is 19.3. The van der Waals surface area contributed by atoms with Crippen molar-refractivity contribution in [2.45, 2.75) is 17.7 Å². The number of aromatic nitrogens is 1. The van der Waals surface area contributed by atoms with Crippen LogP contribution >= 0.6 is 34.3 Å². The van der Waals surface area contributed by atoms with Gasteiger partial charge in [-0.05, 0) is 37.1 Å². The van der Waals surface area contributed by atoms with Crippen molar-refractivity contribution in [1.29, 1.82) is 0 Å². The smallest absolute Gasteiger partial charge is 0.285 e. The summed E-state index contributed by atoms with van der Waals surface area (Å²) in [5.41, 5.74) is 1.43. The van der Waals surface area contributed by atoms with Crippen molar-refractivity contribution in [3.8, 4) is 10.6 Å². The second-order valence-electron chi connectivity index (χ2n) is 7.28. The van der Waals surface area contributed by atoms with Gasteiger partial charge < -0.3 is 10.2 Å². The quantitative estimate of drug-likeness (QED) is 0.587. The molecule has 4 heterocycles. The van der Waals surface area contributed by atoms with Crippen LogP contribution in [-0.4, -0.2) is 43.1 Å². The van der Waals surface area contributed by atoms with Crippen LogP contribution in [0.25, 0.3) is 10.6 Å². The number of nitrogens with zero attached hydrogens (tertiary/aromatic N) is 3. The molecule has 0 bridgehead atoms. The van der Waals surface area contributed by atoms with Crippen molar-refractivity contribution in [2.24, 2.45) is 10.3 Å². The normalized spacial score (nSPS) is 18.0. The van der Waals surface area contributed by atoms with Crippen LogP contribution in [0.2, 0.25) is 4.34 Å². The largest absolute Gasteiger partial charge is 0.355 e. The molecule has 0 radical (unpaired) electrons. The molecule has 3 aromatic rings. The van der Waals surface area contributed by atoms with Gasteiger partial charge in [-0.25, -0.2) is 4.98 Å². The molecule has 1 aromatic carbocycles. The Balaban J connectivity index is 1.22. The number of fused-ring (bicyclic) bond motifs is 1. The maximum absolute atomic E-state index is 12.7. The highest BCUT2D eigenvalue weighted by atomic mass is 35.5. The van der Waals surface area contributed by atoms with E-state index in [-0.39, 0.29) is 16.7 Å². The molecule has 5 rings (SSSR count). The van der Waals surface area contributed by atoms with Gasteiger partial charge in [0.1, 0.15) is 4.90 Å². The number of anilines is 1. The molecule has 1 amide bonds. The minimum Gasteiger partial charge on any atom is -0.355 e. The van der Waals surface area contributed by atoms with Gasteiger partial charge in [-0.15, -0.1) is 27.1 Å². The number of amides is 1. The number of nitrogens with one attached hydrogen (secondary N) is 1. The lowest BCUT2D eigenvalue weighted by atomic mass is 9.95. The number of carbonyl (C=O) groups excluding carboxylic acids is 1. The minimum atomic E-state index is -3.64. The van der Waals surface area contributed by atoms with Crippen molar-refractivity contribution in [3.63, 3.8) is 0 Å². The number of thiazole rings is 1. The van der Waals surface area contributed by atoms with Crippen LogP contribution in [0, 0.1) is 5.92 Å². The molecule has 0 atom stereocenters. The monoisotopic (exact) mass is 492 g/mol. The highest BCUT2D eigenvalue weighted by molar-refractivity contribution is 7.90. The molecule has 11 heteroatoms. The first-order valence-corrected chi connectivity index (χ1v) is 13.1. The van der Waals surface area contributed by atoms with E-state index in [0.717, 1.165) is 10.6 Å². The Bertz CT molecular complexity index is 1290. The maximum Gasteiger partial charge on any atom is 0.285 e. The summed E-state index contributed by atoms with van der Waals surface area (Å²) in [6.07, 6.45) is 1.23. The van der Waals surface area contributed by atoms with Gasteiger partial charge in [0.15, 0.2) is 11.0 Å². The standard InChI is InChI=1S/C20H17ClN4O3S3/c21-17-6-5-15(30-17)14-11-29-20(22-14)23-19(26)12-7-9-25(10-8-12)18-13-3-1-2-4-16(13)31(27,28)24-18/h1-6,11-12H,7-10H2,(H,22,23,26). The fourth-order valence-electron chi connectivity index (χ4n) is 3.77. The van der Waals surface area contributed by atoms with E-state index >= 15 is 0 Å². The fourth-order valence-corrected chi connectivity index (χ4v) is 6.79. The van der Waals surface area contributed by atoms with Crippen LogP contribution in [0.15, 0.2) is 51.1 Å². The zero-order valence-electron chi connectivity index (χ0n) is 16.1. The first-order valence-electron chi connectivity index (χ1n) is 9.62. The van der Waals surface area contributed by atoms with Crippen molar-refractivity contribution in [3.05, 3.63) is 51.7 Å². The fraction of sp³-hybridized carbons (Fsp3) is 0.250. The lowest BCUT2D eigenvalue weighted by molar-refractivity contribution is -0.120. The lowest BCUT2D eigenvalue weighted by Gasteiger charge is -2.32. The topological polar surface area (TPSA) is 91.7 Å². The molecule has 1 N–H and O–H groups in total. The number of piperidine rings is 1. The van der Waals surface area contributed by atoms with Crippen molar-refractivity contribution in [1.82, 2.24) is 9.88 Å². The van der Waals surface area contributed by atoms with Crippen LogP contribution in [0.4, 0.5) is 5.13 Å². The number of hydrogen-bond donors (Lipinski definition) is 1. The number of sulfonamides is 1. The lowest BCUT2D eigenvalue weighted by Crippen LogP contribution is -2.41. The van der Waals surface area contributed by atoms with Crippen LogP contribution in [-0.2, 0) is 14.8 Å². The van der Waals surface area contributed by atoms with E-state index in [4.69, 9.17) is 11.6 Å². The summed E-state index contributed by atoms with van der Waals surface area (Å²) >= 11 is 8.81. The van der Waals surface area contributed by atoms with E-state index in [2.05, 4.69) is 14.7 Å². The predicted molar refractivity (Wildman–Crippen MR) is 124 cm³/mol. The van der Waals surface area contributed by atoms with E-state index in [0.29, 0.717) is 46.8 Å². The van der Waals surface area contributed by atoms with Gasteiger partial charge in [0.2, 0.25) is 5.91 Å². The molecule has 0 spiro atoms. The third-order valence-electron chi connectivity index (χ3n) is 5.34. The molecule has 31 heavy (non-hydrogen) atoms. The number of thiophene rings is 1. The number of carbonyl (C=O) groups is 1. The third kappa shape index (κ3) is 4.00. The summed E-state index contributed by atoms with van der Waals surface area (Å²) in [5, 5.41) is 5.38. The highest BCUT2D eigenvalue weighted by Crippen LogP contribution is 2.34. The van der Waals surface area contributed by atoms with E-state index < -0.39 is 10.0 Å². The van der Waals surface area contributed by atoms with Gasteiger partial charge in [0.25, 0.3) is 10.0 Å². The SMILES string of the molecule is O=C(Nc1nc(-c2ccc(Cl)s2)cs1)C1CCN(C2=NS(=O)(=O)c3ccccc32)CC1. The summed E-state index contributed by atoms with van der Waals surface area (Å²) in [7, 11) is -3.64. The van der Waals surface area contributed by atoms with Gasteiger partial charge in [0.05, 0.1) is 14.9 Å². The molecule has 7 nitrogen and oxygen atoms in total. The second-order valence-corrected chi connectivity index (χ2v) is 11.4. The number of amidine groups is 1. The van der Waals surface area contributed by atoms with Gasteiger partial charge in [0, 0.05) is 30.0 Å². The molecule has 2 aliphatic rings. The number of halogens is 1. The Morgan fingerprint density at radius 1 is 1.16 bits per heavy atom. The molecule has 2 aliphatic heterocycles. The van der Waals surface area contributed by atoms with Crippen LogP contribution in [0.5, 0.6) is 0 Å². The number of benzene rings is 1. The highest BCUT2D eigenvalue weighted by Gasteiger charge is 2.34. The van der Waals surface area contributed by atoms with Gasteiger partial charge in [-0.2, -0.15) is 8.42 Å². The molecule has 0 unspecified atom stereocenters. The Morgan fingerprint density at radius 2 is 1.94 bits per heavy atom. The first-order chi connectivity index (χ1) is 14.9. The van der Waals surface area contributed by atoms with Crippen LogP contribution in [0.3, 0.4) is 0 Å². The average molecular weight is 493 g/mol. The predicted octanol–water partition coefficient (Wildman–Crippen LogP) is 4.32. The molecule has 0 saturated carbocycles. The Labute approximate surface area is 192 Å². The van der Waals surface area contributed by atoms with E-state index in [1.165, 1.54) is 22.7 Å². The van der Waals surface area contributed by atoms with Crippen LogP contribution < -0.4 is 5.32 Å².